The molecule has 0 aliphatic heterocycles. The van der Waals surface area contributed by atoms with E-state index in [-0.39, 0.29) is 18.5 Å². The largest absolute Gasteiger partial charge is 0.481 e. The second-order valence-electron chi connectivity index (χ2n) is 4.29. The molecule has 8 heteroatoms. The number of ether oxygens (including phenoxy) is 1. The number of methoxy groups -OCH3 is 1. The van der Waals surface area contributed by atoms with Crippen LogP contribution in [-0.4, -0.2) is 35.6 Å². The zero-order chi connectivity index (χ0) is 15.8. The molecular weight excluding hydrogens is 280 g/mol. The van der Waals surface area contributed by atoms with E-state index >= 15 is 0 Å². The molecule has 0 saturated carbocycles. The lowest BCUT2D eigenvalue weighted by molar-refractivity contribution is -0.384. The van der Waals surface area contributed by atoms with Gasteiger partial charge in [0.05, 0.1) is 18.5 Å². The number of hydrogen-bond acceptors (Lipinski definition) is 6. The van der Waals surface area contributed by atoms with Gasteiger partial charge in [0.15, 0.2) is 0 Å². The molecule has 0 aromatic heterocycles. The fourth-order valence-corrected chi connectivity index (χ4v) is 1.69. The first-order valence-electron chi connectivity index (χ1n) is 6.24. The lowest BCUT2D eigenvalue weighted by Gasteiger charge is -2.08. The Bertz CT molecular complexity index is 543. The number of anilines is 1. The van der Waals surface area contributed by atoms with Gasteiger partial charge in [-0.25, -0.2) is 0 Å². The second kappa shape index (κ2) is 7.83. The molecule has 0 fully saturated rings. The highest BCUT2D eigenvalue weighted by Gasteiger charge is 2.15. The van der Waals surface area contributed by atoms with Crippen LogP contribution >= 0.6 is 0 Å². The monoisotopic (exact) mass is 296 g/mol. The summed E-state index contributed by atoms with van der Waals surface area (Å²) in [6, 6.07) is 4.39. The number of esters is 1. The number of hydrogen-bond donors (Lipinski definition) is 2. The van der Waals surface area contributed by atoms with Gasteiger partial charge in [-0.3, -0.25) is 19.7 Å². The third-order valence-electron chi connectivity index (χ3n) is 2.72. The van der Waals surface area contributed by atoms with Gasteiger partial charge in [-0.15, -0.1) is 0 Å². The summed E-state index contributed by atoms with van der Waals surface area (Å²) in [6.07, 6.45) is 0.300. The zero-order valence-corrected chi connectivity index (χ0v) is 11.5. The van der Waals surface area contributed by atoms with E-state index in [1.54, 1.807) is 6.07 Å². The first kappa shape index (κ1) is 16.4. The molecule has 8 nitrogen and oxygen atoms in total. The zero-order valence-electron chi connectivity index (χ0n) is 11.5. The van der Waals surface area contributed by atoms with Crippen molar-refractivity contribution in [1.29, 1.82) is 0 Å². The first-order valence-corrected chi connectivity index (χ1v) is 6.24. The van der Waals surface area contributed by atoms with Gasteiger partial charge >= 0.3 is 11.9 Å². The third-order valence-corrected chi connectivity index (χ3v) is 2.72. The number of rotatable bonds is 8. The number of carboxylic acids is 1. The molecule has 1 aromatic carbocycles. The second-order valence-corrected chi connectivity index (χ2v) is 4.29. The van der Waals surface area contributed by atoms with Crippen LogP contribution < -0.4 is 5.32 Å². The van der Waals surface area contributed by atoms with Crippen molar-refractivity contribution >= 4 is 23.3 Å². The summed E-state index contributed by atoms with van der Waals surface area (Å²) in [4.78, 5) is 32.0. The van der Waals surface area contributed by atoms with Crippen LogP contribution in [0.15, 0.2) is 18.2 Å². The average Bonchev–Trinajstić information content (AvgIpc) is 2.44. The highest BCUT2D eigenvalue weighted by molar-refractivity contribution is 5.74. The SMILES string of the molecule is COC(=O)Cc1ccc(NCCCC(=O)O)c([N+](=O)[O-])c1. The lowest BCUT2D eigenvalue weighted by Crippen LogP contribution is -2.08. The minimum absolute atomic E-state index is 0.0127. The van der Waals surface area contributed by atoms with Crippen LogP contribution in [0.5, 0.6) is 0 Å². The van der Waals surface area contributed by atoms with E-state index in [0.717, 1.165) is 0 Å². The van der Waals surface area contributed by atoms with Crippen LogP contribution in [0.3, 0.4) is 0 Å². The molecule has 0 bridgehead atoms. The minimum atomic E-state index is -0.917. The molecule has 0 atom stereocenters. The van der Waals surface area contributed by atoms with Gasteiger partial charge < -0.3 is 15.2 Å². The number of carboxylic acid groups (broad SMARTS) is 1. The molecule has 1 rings (SSSR count). The van der Waals surface area contributed by atoms with Gasteiger partial charge in [-0.2, -0.15) is 0 Å². The Balaban J connectivity index is 2.77. The Morgan fingerprint density at radius 2 is 2.14 bits per heavy atom. The number of nitrogens with zero attached hydrogens (tertiary/aromatic N) is 1. The molecule has 114 valence electrons. The highest BCUT2D eigenvalue weighted by Crippen LogP contribution is 2.26. The van der Waals surface area contributed by atoms with Gasteiger partial charge in [0.25, 0.3) is 5.69 Å². The van der Waals surface area contributed by atoms with Crippen LogP contribution in [0.1, 0.15) is 18.4 Å². The number of carbonyl (C=O) groups excluding carboxylic acids is 1. The maximum Gasteiger partial charge on any atom is 0.309 e. The van der Waals surface area contributed by atoms with Crippen LogP contribution in [0, 0.1) is 10.1 Å². The Labute approximate surface area is 120 Å². The topological polar surface area (TPSA) is 119 Å². The molecule has 1 aromatic rings. The Hall–Kier alpha value is -2.64. The molecule has 0 radical (unpaired) electrons. The van der Waals surface area contributed by atoms with E-state index in [9.17, 15) is 19.7 Å². The van der Waals surface area contributed by atoms with Gasteiger partial charge in [0, 0.05) is 19.0 Å². The maximum absolute atomic E-state index is 11.2. The summed E-state index contributed by atoms with van der Waals surface area (Å²) in [5.74, 6) is -1.40. The quantitative estimate of drug-likeness (QED) is 0.323. The van der Waals surface area contributed by atoms with Crippen molar-refractivity contribution in [2.45, 2.75) is 19.3 Å². The molecule has 0 unspecified atom stereocenters. The summed E-state index contributed by atoms with van der Waals surface area (Å²) < 4.78 is 4.51. The fourth-order valence-electron chi connectivity index (χ4n) is 1.69. The third kappa shape index (κ3) is 5.47. The Kier molecular flexibility index (Phi) is 6.12. The van der Waals surface area contributed by atoms with E-state index < -0.39 is 16.9 Å². The standard InChI is InChI=1S/C13H16N2O6/c1-21-13(18)8-9-4-5-10(11(7-9)15(19)20)14-6-2-3-12(16)17/h4-5,7,14H,2-3,6,8H2,1H3,(H,16,17). The van der Waals surface area contributed by atoms with Gasteiger partial charge in [-0.1, -0.05) is 6.07 Å². The van der Waals surface area contributed by atoms with Crippen molar-refractivity contribution in [3.05, 3.63) is 33.9 Å². The van der Waals surface area contributed by atoms with Crippen LogP contribution in [0.25, 0.3) is 0 Å². The number of nitro benzene ring substituents is 1. The number of nitrogens with one attached hydrogen (secondary N) is 1. The molecule has 0 saturated heterocycles. The predicted molar refractivity (Wildman–Crippen MR) is 74.2 cm³/mol. The van der Waals surface area contributed by atoms with Crippen molar-refractivity contribution in [1.82, 2.24) is 0 Å². The number of carbonyl (C=O) groups is 2. The van der Waals surface area contributed by atoms with Crippen molar-refractivity contribution in [2.24, 2.45) is 0 Å². The molecule has 0 amide bonds. The number of benzene rings is 1. The van der Waals surface area contributed by atoms with E-state index in [4.69, 9.17) is 5.11 Å². The average molecular weight is 296 g/mol. The van der Waals surface area contributed by atoms with Crippen LogP contribution in [0.2, 0.25) is 0 Å². The molecule has 0 aliphatic carbocycles. The van der Waals surface area contributed by atoms with Gasteiger partial charge in [0.1, 0.15) is 5.69 Å². The summed E-state index contributed by atoms with van der Waals surface area (Å²) in [6.45, 7) is 0.309. The summed E-state index contributed by atoms with van der Waals surface area (Å²) >= 11 is 0. The number of aliphatic carboxylic acids is 1. The highest BCUT2D eigenvalue weighted by atomic mass is 16.6. The smallest absolute Gasteiger partial charge is 0.309 e. The van der Waals surface area contributed by atoms with Crippen molar-refractivity contribution in [3.63, 3.8) is 0 Å². The minimum Gasteiger partial charge on any atom is -0.481 e. The molecule has 2 N–H and O–H groups in total. The molecule has 21 heavy (non-hydrogen) atoms. The summed E-state index contributed by atoms with van der Waals surface area (Å²) in [5.41, 5.74) is 0.607. The van der Waals surface area contributed by atoms with Crippen molar-refractivity contribution < 1.29 is 24.4 Å². The maximum atomic E-state index is 11.2. The lowest BCUT2D eigenvalue weighted by atomic mass is 10.1. The van der Waals surface area contributed by atoms with Crippen molar-refractivity contribution in [2.75, 3.05) is 19.0 Å². The molecule has 0 heterocycles. The first-order chi connectivity index (χ1) is 9.93. The van der Waals surface area contributed by atoms with Gasteiger partial charge in [0.2, 0.25) is 0 Å². The van der Waals surface area contributed by atoms with Crippen LogP contribution in [0.4, 0.5) is 11.4 Å². The summed E-state index contributed by atoms with van der Waals surface area (Å²) in [7, 11) is 1.25. The molecule has 0 spiro atoms. The normalized spacial score (nSPS) is 9.95. The Morgan fingerprint density at radius 3 is 2.71 bits per heavy atom. The summed E-state index contributed by atoms with van der Waals surface area (Å²) in [5, 5.41) is 22.4. The molecular formula is C13H16N2O6. The van der Waals surface area contributed by atoms with E-state index in [0.29, 0.717) is 24.2 Å². The Morgan fingerprint density at radius 1 is 1.43 bits per heavy atom. The van der Waals surface area contributed by atoms with Crippen molar-refractivity contribution in [3.8, 4) is 0 Å². The molecule has 0 aliphatic rings. The van der Waals surface area contributed by atoms with Crippen LogP contribution in [-0.2, 0) is 20.7 Å². The van der Waals surface area contributed by atoms with Gasteiger partial charge in [-0.05, 0) is 18.1 Å². The van der Waals surface area contributed by atoms with E-state index in [2.05, 4.69) is 10.1 Å². The fraction of sp³-hybridized carbons (Fsp3) is 0.385. The van der Waals surface area contributed by atoms with E-state index in [1.807, 2.05) is 0 Å². The predicted octanol–water partition coefficient (Wildman–Crippen LogP) is 1.59. The van der Waals surface area contributed by atoms with E-state index in [1.165, 1.54) is 19.2 Å². The number of nitro groups is 1.